The van der Waals surface area contributed by atoms with Crippen molar-refractivity contribution in [1.29, 1.82) is 0 Å². The smallest absolute Gasteiger partial charge is 0.255 e. The summed E-state index contributed by atoms with van der Waals surface area (Å²) >= 11 is 0. The van der Waals surface area contributed by atoms with Crippen LogP contribution in [0.2, 0.25) is 0 Å². The molecule has 0 unspecified atom stereocenters. The first kappa shape index (κ1) is 22.8. The quantitative estimate of drug-likeness (QED) is 0.340. The normalized spacial score (nSPS) is 10.4. The first-order chi connectivity index (χ1) is 16.6. The van der Waals surface area contributed by atoms with Crippen LogP contribution in [-0.4, -0.2) is 18.4 Å². The Kier molecular flexibility index (Phi) is 7.35. The predicted molar refractivity (Wildman–Crippen MR) is 136 cm³/mol. The number of amides is 2. The molecule has 0 radical (unpaired) electrons. The zero-order chi connectivity index (χ0) is 23.8. The number of rotatable bonds is 8. The molecule has 0 aromatic heterocycles. The molecule has 0 aliphatic carbocycles. The van der Waals surface area contributed by atoms with Crippen LogP contribution >= 0.6 is 0 Å². The van der Waals surface area contributed by atoms with Gasteiger partial charge in [0, 0.05) is 28.9 Å². The molecule has 2 amide bonds. The van der Waals surface area contributed by atoms with E-state index in [1.807, 2.05) is 49.4 Å². The lowest BCUT2D eigenvalue weighted by atomic mass is 10.1. The Bertz CT molecular complexity index is 1250. The van der Waals surface area contributed by atoms with Crippen LogP contribution in [0.25, 0.3) is 0 Å². The third-order valence-electron chi connectivity index (χ3n) is 5.39. The van der Waals surface area contributed by atoms with Gasteiger partial charge in [0.2, 0.25) is 0 Å². The fourth-order valence-electron chi connectivity index (χ4n) is 3.50. The predicted octanol–water partition coefficient (Wildman–Crippen LogP) is 6.12. The molecule has 0 bridgehead atoms. The molecule has 4 aromatic carbocycles. The van der Waals surface area contributed by atoms with Crippen molar-refractivity contribution in [2.45, 2.75) is 13.3 Å². The van der Waals surface area contributed by atoms with Gasteiger partial charge in [0.15, 0.2) is 0 Å². The van der Waals surface area contributed by atoms with Gasteiger partial charge in [-0.3, -0.25) is 9.59 Å². The molecule has 4 rings (SSSR count). The Morgan fingerprint density at radius 2 is 1.32 bits per heavy atom. The van der Waals surface area contributed by atoms with Gasteiger partial charge in [-0.25, -0.2) is 0 Å². The topological polar surface area (TPSA) is 67.4 Å². The zero-order valence-electron chi connectivity index (χ0n) is 19.0. The average molecular weight is 451 g/mol. The van der Waals surface area contributed by atoms with E-state index >= 15 is 0 Å². The maximum Gasteiger partial charge on any atom is 0.255 e. The number of benzene rings is 4. The summed E-state index contributed by atoms with van der Waals surface area (Å²) in [5.41, 5.74) is 4.55. The van der Waals surface area contributed by atoms with Crippen molar-refractivity contribution in [2.75, 3.05) is 17.2 Å². The monoisotopic (exact) mass is 450 g/mol. The first-order valence-electron chi connectivity index (χ1n) is 11.1. The minimum Gasteiger partial charge on any atom is -0.493 e. The Hall–Kier alpha value is -4.38. The van der Waals surface area contributed by atoms with Crippen molar-refractivity contribution < 1.29 is 14.3 Å². The minimum atomic E-state index is -0.212. The summed E-state index contributed by atoms with van der Waals surface area (Å²) in [6.45, 7) is 2.46. The number of carbonyl (C=O) groups is 2. The Morgan fingerprint density at radius 3 is 2.00 bits per heavy atom. The van der Waals surface area contributed by atoms with Crippen molar-refractivity contribution in [3.63, 3.8) is 0 Å². The number of hydrogen-bond acceptors (Lipinski definition) is 3. The largest absolute Gasteiger partial charge is 0.493 e. The highest BCUT2D eigenvalue weighted by Gasteiger charge is 2.10. The number of aryl methyl sites for hydroxylation is 1. The highest BCUT2D eigenvalue weighted by atomic mass is 16.5. The second-order valence-electron chi connectivity index (χ2n) is 7.91. The molecule has 2 N–H and O–H groups in total. The van der Waals surface area contributed by atoms with Crippen LogP contribution in [0.4, 0.5) is 11.4 Å². The van der Waals surface area contributed by atoms with Crippen LogP contribution in [-0.2, 0) is 6.42 Å². The van der Waals surface area contributed by atoms with Gasteiger partial charge >= 0.3 is 0 Å². The van der Waals surface area contributed by atoms with E-state index in [0.717, 1.165) is 17.7 Å². The molecule has 34 heavy (non-hydrogen) atoms. The fraction of sp³-hybridized carbons (Fsp3) is 0.103. The van der Waals surface area contributed by atoms with E-state index in [1.54, 1.807) is 48.5 Å². The third-order valence-corrected chi connectivity index (χ3v) is 5.39. The van der Waals surface area contributed by atoms with E-state index in [9.17, 15) is 9.59 Å². The molecule has 0 aliphatic heterocycles. The van der Waals surface area contributed by atoms with Crippen LogP contribution < -0.4 is 15.4 Å². The maximum absolute atomic E-state index is 12.7. The average Bonchev–Trinajstić information content (AvgIpc) is 2.87. The molecule has 0 fully saturated rings. The summed E-state index contributed by atoms with van der Waals surface area (Å²) in [7, 11) is 0. The Labute approximate surface area is 199 Å². The molecule has 0 saturated heterocycles. The van der Waals surface area contributed by atoms with Gasteiger partial charge in [-0.15, -0.1) is 0 Å². The van der Waals surface area contributed by atoms with Crippen molar-refractivity contribution in [3.8, 4) is 5.75 Å². The molecule has 170 valence electrons. The van der Waals surface area contributed by atoms with Crippen LogP contribution in [0.1, 0.15) is 31.8 Å². The summed E-state index contributed by atoms with van der Waals surface area (Å²) < 4.78 is 5.79. The SMILES string of the molecule is Cc1cc(NC(=O)c2ccc(OCCc3ccccc3)cc2)ccc1NC(=O)c1ccccc1. The second kappa shape index (κ2) is 11.0. The number of ether oxygens (including phenoxy) is 1. The van der Waals surface area contributed by atoms with E-state index in [-0.39, 0.29) is 11.8 Å². The van der Waals surface area contributed by atoms with Crippen molar-refractivity contribution in [1.82, 2.24) is 0 Å². The number of anilines is 2. The van der Waals surface area contributed by atoms with E-state index in [4.69, 9.17) is 4.74 Å². The molecule has 4 aromatic rings. The molecule has 5 heteroatoms. The molecule has 0 spiro atoms. The van der Waals surface area contributed by atoms with Gasteiger partial charge in [-0.05, 0) is 72.6 Å². The third kappa shape index (κ3) is 6.11. The van der Waals surface area contributed by atoms with E-state index < -0.39 is 0 Å². The summed E-state index contributed by atoms with van der Waals surface area (Å²) in [5.74, 6) is 0.338. The van der Waals surface area contributed by atoms with Gasteiger partial charge in [-0.1, -0.05) is 48.5 Å². The first-order valence-corrected chi connectivity index (χ1v) is 11.1. The molecule has 5 nitrogen and oxygen atoms in total. The fourth-order valence-corrected chi connectivity index (χ4v) is 3.50. The highest BCUT2D eigenvalue weighted by molar-refractivity contribution is 6.06. The summed E-state index contributed by atoms with van der Waals surface area (Å²) in [6.07, 6.45) is 0.824. The number of hydrogen-bond donors (Lipinski definition) is 2. The van der Waals surface area contributed by atoms with E-state index in [1.165, 1.54) is 5.56 Å². The van der Waals surface area contributed by atoms with Crippen LogP contribution in [0, 0.1) is 6.92 Å². The summed E-state index contributed by atoms with van der Waals surface area (Å²) in [4.78, 5) is 25.1. The van der Waals surface area contributed by atoms with Crippen molar-refractivity contribution >= 4 is 23.2 Å². The summed E-state index contributed by atoms with van der Waals surface area (Å²) in [5, 5.41) is 5.81. The standard InChI is InChI=1S/C29H26N2O3/c1-21-20-25(14-17-27(21)31-29(33)23-10-6-3-7-11-23)30-28(32)24-12-15-26(16-13-24)34-19-18-22-8-4-2-5-9-22/h2-17,20H,18-19H2,1H3,(H,30,32)(H,31,33). The number of carbonyl (C=O) groups excluding carboxylic acids is 2. The van der Waals surface area contributed by atoms with Crippen LogP contribution in [0.3, 0.4) is 0 Å². The van der Waals surface area contributed by atoms with Crippen LogP contribution in [0.15, 0.2) is 103 Å². The lowest BCUT2D eigenvalue weighted by molar-refractivity contribution is 0.101. The zero-order valence-corrected chi connectivity index (χ0v) is 19.0. The molecular weight excluding hydrogens is 424 g/mol. The van der Waals surface area contributed by atoms with Crippen molar-refractivity contribution in [2.24, 2.45) is 0 Å². The van der Waals surface area contributed by atoms with Gasteiger partial charge in [0.05, 0.1) is 6.61 Å². The van der Waals surface area contributed by atoms with Gasteiger partial charge in [0.25, 0.3) is 11.8 Å². The summed E-state index contributed by atoms with van der Waals surface area (Å²) in [6, 6.07) is 31.7. The van der Waals surface area contributed by atoms with E-state index in [2.05, 4.69) is 22.8 Å². The Morgan fingerprint density at radius 1 is 0.706 bits per heavy atom. The lowest BCUT2D eigenvalue weighted by Crippen LogP contribution is -2.14. The van der Waals surface area contributed by atoms with Crippen LogP contribution in [0.5, 0.6) is 5.75 Å². The van der Waals surface area contributed by atoms with E-state index in [0.29, 0.717) is 29.1 Å². The maximum atomic E-state index is 12.7. The molecule has 0 saturated carbocycles. The van der Waals surface area contributed by atoms with Crippen molar-refractivity contribution in [3.05, 3.63) is 125 Å². The minimum absolute atomic E-state index is 0.174. The van der Waals surface area contributed by atoms with Gasteiger partial charge in [-0.2, -0.15) is 0 Å². The molecular formula is C29H26N2O3. The van der Waals surface area contributed by atoms with Gasteiger partial charge < -0.3 is 15.4 Å². The van der Waals surface area contributed by atoms with Gasteiger partial charge in [0.1, 0.15) is 5.75 Å². The number of nitrogens with one attached hydrogen (secondary N) is 2. The lowest BCUT2D eigenvalue weighted by Gasteiger charge is -2.12. The second-order valence-corrected chi connectivity index (χ2v) is 7.91. The Balaban J connectivity index is 1.31. The molecule has 0 atom stereocenters. The molecule has 0 heterocycles. The highest BCUT2D eigenvalue weighted by Crippen LogP contribution is 2.21. The molecule has 0 aliphatic rings.